The number of carbonyl (C=O) groups excluding carboxylic acids is 1. The normalized spacial score (nSPS) is 14.1. The molecule has 3 aromatic rings. The summed E-state index contributed by atoms with van der Waals surface area (Å²) in [6.45, 7) is 1.23. The van der Waals surface area contributed by atoms with Crippen molar-refractivity contribution in [2.24, 2.45) is 5.92 Å². The third-order valence-corrected chi connectivity index (χ3v) is 5.94. The molecule has 1 saturated heterocycles. The van der Waals surface area contributed by atoms with Crippen LogP contribution in [-0.2, 0) is 4.79 Å². The van der Waals surface area contributed by atoms with Crippen molar-refractivity contribution in [3.63, 3.8) is 0 Å². The molecule has 4 rings (SSSR count). The molecule has 3 aromatic heterocycles. The van der Waals surface area contributed by atoms with Crippen LogP contribution in [-0.4, -0.2) is 45.0 Å². The Morgan fingerprint density at radius 3 is 2.65 bits per heavy atom. The molecule has 31 heavy (non-hydrogen) atoms. The molecule has 4 heterocycles. The monoisotopic (exact) mass is 434 g/mol. The number of rotatable bonds is 5. The van der Waals surface area contributed by atoms with Crippen molar-refractivity contribution in [3.8, 4) is 17.3 Å². The molecule has 0 bridgehead atoms. The number of nitrogens with one attached hydrogen (secondary N) is 1. The third-order valence-electron chi connectivity index (χ3n) is 5.06. The number of pyridine rings is 2. The van der Waals surface area contributed by atoms with Crippen molar-refractivity contribution in [1.29, 1.82) is 5.26 Å². The van der Waals surface area contributed by atoms with Gasteiger partial charge in [-0.05, 0) is 37.1 Å². The summed E-state index contributed by atoms with van der Waals surface area (Å²) in [7, 11) is 0. The first kappa shape index (κ1) is 20.4. The van der Waals surface area contributed by atoms with Gasteiger partial charge in [0.2, 0.25) is 0 Å². The van der Waals surface area contributed by atoms with E-state index in [1.807, 2.05) is 4.90 Å². The van der Waals surface area contributed by atoms with E-state index in [0.717, 1.165) is 11.3 Å². The summed E-state index contributed by atoms with van der Waals surface area (Å²) in [4.78, 5) is 38.9. The Kier molecular flexibility index (Phi) is 5.86. The number of hydrogen-bond donors (Lipinski definition) is 2. The molecule has 0 aromatic carbocycles. The van der Waals surface area contributed by atoms with E-state index in [1.54, 1.807) is 36.7 Å². The van der Waals surface area contributed by atoms with Crippen LogP contribution >= 0.6 is 11.3 Å². The van der Waals surface area contributed by atoms with Crippen LogP contribution in [0.5, 0.6) is 0 Å². The Morgan fingerprint density at radius 1 is 1.23 bits per heavy atom. The molecule has 1 aliphatic heterocycles. The zero-order valence-electron chi connectivity index (χ0n) is 16.4. The van der Waals surface area contributed by atoms with Crippen molar-refractivity contribution in [3.05, 3.63) is 53.3 Å². The van der Waals surface area contributed by atoms with Crippen LogP contribution in [0.25, 0.3) is 11.3 Å². The lowest BCUT2D eigenvalue weighted by Gasteiger charge is -2.30. The predicted octanol–water partition coefficient (Wildman–Crippen LogP) is 3.03. The number of aromatic nitrogens is 3. The molecule has 2 N–H and O–H groups in total. The number of carboxylic acids is 1. The maximum Gasteiger partial charge on any atom is 0.306 e. The van der Waals surface area contributed by atoms with E-state index in [2.05, 4.69) is 26.3 Å². The summed E-state index contributed by atoms with van der Waals surface area (Å²) in [5.74, 6) is -0.734. The standard InChI is InChI=1S/C21H18N6O3S/c22-10-16-18(14-2-1-7-23-11-14)25-21(31-16)26-19(28)15-3-4-17(24-12-15)27-8-5-13(6-9-27)20(29)30/h1-4,7,11-13H,5-6,8-9H2,(H,29,30)(H,25,26,28). The highest BCUT2D eigenvalue weighted by Crippen LogP contribution is 2.30. The Morgan fingerprint density at radius 2 is 2.03 bits per heavy atom. The van der Waals surface area contributed by atoms with Crippen LogP contribution in [0.15, 0.2) is 42.9 Å². The van der Waals surface area contributed by atoms with Gasteiger partial charge in [0.05, 0.1) is 11.5 Å². The van der Waals surface area contributed by atoms with Gasteiger partial charge in [0.1, 0.15) is 22.5 Å². The fourth-order valence-corrected chi connectivity index (χ4v) is 4.16. The van der Waals surface area contributed by atoms with Crippen LogP contribution in [0.2, 0.25) is 0 Å². The highest BCUT2D eigenvalue weighted by molar-refractivity contribution is 7.16. The van der Waals surface area contributed by atoms with Crippen LogP contribution in [0.1, 0.15) is 28.1 Å². The maximum absolute atomic E-state index is 12.6. The molecular weight excluding hydrogens is 416 g/mol. The maximum atomic E-state index is 12.6. The number of carbonyl (C=O) groups is 2. The van der Waals surface area contributed by atoms with E-state index in [1.165, 1.54) is 6.20 Å². The topological polar surface area (TPSA) is 132 Å². The van der Waals surface area contributed by atoms with E-state index in [0.29, 0.717) is 58.6 Å². The average Bonchev–Trinajstić information content (AvgIpc) is 3.22. The number of nitriles is 1. The van der Waals surface area contributed by atoms with Crippen molar-refractivity contribution < 1.29 is 14.7 Å². The summed E-state index contributed by atoms with van der Waals surface area (Å²) in [6.07, 6.45) is 5.88. The molecule has 0 saturated carbocycles. The Bertz CT molecular complexity index is 1130. The van der Waals surface area contributed by atoms with Gasteiger partial charge in [-0.2, -0.15) is 5.26 Å². The molecule has 9 nitrogen and oxygen atoms in total. The number of nitrogens with zero attached hydrogens (tertiary/aromatic N) is 5. The number of thiazole rings is 1. The van der Waals surface area contributed by atoms with E-state index in [4.69, 9.17) is 5.11 Å². The molecule has 0 spiro atoms. The molecule has 10 heteroatoms. The quantitative estimate of drug-likeness (QED) is 0.626. The Hall–Kier alpha value is -3.84. The smallest absolute Gasteiger partial charge is 0.306 e. The molecule has 1 aliphatic rings. The second-order valence-electron chi connectivity index (χ2n) is 7.01. The number of aliphatic carboxylic acids is 1. The molecule has 0 unspecified atom stereocenters. The van der Waals surface area contributed by atoms with Gasteiger partial charge in [-0.15, -0.1) is 0 Å². The average molecular weight is 434 g/mol. The summed E-state index contributed by atoms with van der Waals surface area (Å²) >= 11 is 1.10. The number of carboxylic acid groups (broad SMARTS) is 1. The largest absolute Gasteiger partial charge is 0.481 e. The highest BCUT2D eigenvalue weighted by Gasteiger charge is 2.25. The van der Waals surface area contributed by atoms with Gasteiger partial charge in [0.25, 0.3) is 5.91 Å². The molecule has 0 radical (unpaired) electrons. The molecule has 1 fully saturated rings. The number of amides is 1. The lowest BCUT2D eigenvalue weighted by molar-refractivity contribution is -0.142. The molecule has 156 valence electrons. The fourth-order valence-electron chi connectivity index (χ4n) is 3.38. The molecule has 0 aliphatic carbocycles. The minimum Gasteiger partial charge on any atom is -0.481 e. The second-order valence-corrected chi connectivity index (χ2v) is 8.01. The van der Waals surface area contributed by atoms with Gasteiger partial charge in [0, 0.05) is 37.2 Å². The number of piperidine rings is 1. The number of hydrogen-bond acceptors (Lipinski definition) is 8. The summed E-state index contributed by atoms with van der Waals surface area (Å²) in [5.41, 5.74) is 1.54. The number of anilines is 2. The highest BCUT2D eigenvalue weighted by atomic mass is 32.1. The van der Waals surface area contributed by atoms with Gasteiger partial charge < -0.3 is 10.0 Å². The van der Waals surface area contributed by atoms with E-state index >= 15 is 0 Å². The predicted molar refractivity (Wildman–Crippen MR) is 115 cm³/mol. The minimum absolute atomic E-state index is 0.311. The fraction of sp³-hybridized carbons (Fsp3) is 0.238. The summed E-state index contributed by atoms with van der Waals surface area (Å²) in [6, 6.07) is 9.08. The van der Waals surface area contributed by atoms with Gasteiger partial charge in [-0.3, -0.25) is 19.9 Å². The van der Waals surface area contributed by atoms with Crippen molar-refractivity contribution in [1.82, 2.24) is 15.0 Å². The second kappa shape index (κ2) is 8.89. The first-order valence-corrected chi connectivity index (χ1v) is 10.4. The first-order chi connectivity index (χ1) is 15.0. The van der Waals surface area contributed by atoms with Crippen LogP contribution in [0.3, 0.4) is 0 Å². The zero-order valence-corrected chi connectivity index (χ0v) is 17.2. The van der Waals surface area contributed by atoms with Crippen molar-refractivity contribution in [2.75, 3.05) is 23.3 Å². The Labute approximate surface area is 182 Å². The lowest BCUT2D eigenvalue weighted by atomic mass is 9.97. The lowest BCUT2D eigenvalue weighted by Crippen LogP contribution is -2.36. The first-order valence-electron chi connectivity index (χ1n) is 9.61. The summed E-state index contributed by atoms with van der Waals surface area (Å²) < 4.78 is 0. The van der Waals surface area contributed by atoms with Crippen molar-refractivity contribution >= 4 is 34.2 Å². The molecule has 0 atom stereocenters. The summed E-state index contributed by atoms with van der Waals surface area (Å²) in [5, 5.41) is 21.5. The van der Waals surface area contributed by atoms with Crippen LogP contribution < -0.4 is 10.2 Å². The van der Waals surface area contributed by atoms with Gasteiger partial charge in [0.15, 0.2) is 5.13 Å². The van der Waals surface area contributed by atoms with Crippen LogP contribution in [0, 0.1) is 17.2 Å². The van der Waals surface area contributed by atoms with E-state index in [9.17, 15) is 14.9 Å². The van der Waals surface area contributed by atoms with E-state index in [-0.39, 0.29) is 11.8 Å². The van der Waals surface area contributed by atoms with E-state index < -0.39 is 5.97 Å². The SMILES string of the molecule is N#Cc1sc(NC(=O)c2ccc(N3CCC(C(=O)O)CC3)nc2)nc1-c1cccnc1. The third kappa shape index (κ3) is 4.51. The van der Waals surface area contributed by atoms with Gasteiger partial charge in [-0.1, -0.05) is 11.3 Å². The van der Waals surface area contributed by atoms with Crippen LogP contribution in [0.4, 0.5) is 10.9 Å². The zero-order chi connectivity index (χ0) is 21.8. The van der Waals surface area contributed by atoms with Gasteiger partial charge in [-0.25, -0.2) is 9.97 Å². The Balaban J connectivity index is 1.43. The van der Waals surface area contributed by atoms with Gasteiger partial charge >= 0.3 is 5.97 Å². The molecule has 1 amide bonds. The minimum atomic E-state index is -0.756. The molecular formula is C21H18N6O3S. The van der Waals surface area contributed by atoms with Crippen molar-refractivity contribution in [2.45, 2.75) is 12.8 Å².